The van der Waals surface area contributed by atoms with Crippen molar-refractivity contribution in [1.29, 1.82) is 0 Å². The molecule has 0 saturated heterocycles. The Hall–Kier alpha value is -2.44. The minimum Gasteiger partial charge on any atom is -0.493 e. The largest absolute Gasteiger partial charge is 0.493 e. The van der Waals surface area contributed by atoms with Crippen LogP contribution < -0.4 is 28.7 Å². The molecule has 0 aliphatic carbocycles. The Labute approximate surface area is 185 Å². The quantitative estimate of drug-likeness (QED) is 0.730. The normalized spacial score (nSPS) is 24.7. The molecule has 0 amide bonds. The minimum atomic E-state index is 0.426. The summed E-state index contributed by atoms with van der Waals surface area (Å²) in [5.41, 5.74) is 5.54. The van der Waals surface area contributed by atoms with E-state index in [0.717, 1.165) is 55.6 Å². The summed E-state index contributed by atoms with van der Waals surface area (Å²) < 4.78 is 22.2. The third kappa shape index (κ3) is 3.94. The van der Waals surface area contributed by atoms with E-state index in [0.29, 0.717) is 12.1 Å². The summed E-state index contributed by atoms with van der Waals surface area (Å²) in [6, 6.07) is 9.53. The van der Waals surface area contributed by atoms with Gasteiger partial charge in [-0.2, -0.15) is 0 Å². The molecule has 2 aliphatic rings. The zero-order chi connectivity index (χ0) is 22.1. The Morgan fingerprint density at radius 1 is 0.645 bits per heavy atom. The third-order valence-electron chi connectivity index (χ3n) is 7.33. The first-order chi connectivity index (χ1) is 15.0. The maximum Gasteiger partial charge on any atom is 0.205 e. The van der Waals surface area contributed by atoms with Gasteiger partial charge >= 0.3 is 0 Å². The molecule has 2 unspecified atom stereocenters. The first-order valence-electron chi connectivity index (χ1n) is 11.2. The van der Waals surface area contributed by atoms with Gasteiger partial charge in [0.05, 0.1) is 41.5 Å². The lowest BCUT2D eigenvalue weighted by molar-refractivity contribution is -1.11. The minimum absolute atomic E-state index is 0.426. The van der Waals surface area contributed by atoms with Gasteiger partial charge in [-0.1, -0.05) is 0 Å². The van der Waals surface area contributed by atoms with Crippen LogP contribution in [0.3, 0.4) is 0 Å². The van der Waals surface area contributed by atoms with Gasteiger partial charge in [0, 0.05) is 24.0 Å². The highest BCUT2D eigenvalue weighted by molar-refractivity contribution is 5.49. The second-order valence-electron chi connectivity index (χ2n) is 8.75. The maximum absolute atomic E-state index is 5.57. The van der Waals surface area contributed by atoms with Crippen LogP contribution >= 0.6 is 0 Å². The summed E-state index contributed by atoms with van der Waals surface area (Å²) in [5, 5.41) is 0. The van der Waals surface area contributed by atoms with Gasteiger partial charge in [0.25, 0.3) is 0 Å². The number of fused-ring (bicyclic) bond motifs is 2. The number of hydrogen-bond donors (Lipinski definition) is 2. The van der Waals surface area contributed by atoms with Gasteiger partial charge in [0.15, 0.2) is 23.0 Å². The Bertz CT molecular complexity index is 870. The van der Waals surface area contributed by atoms with Gasteiger partial charge < -0.3 is 18.9 Å². The number of rotatable bonds is 6. The highest BCUT2D eigenvalue weighted by Gasteiger charge is 2.36. The summed E-state index contributed by atoms with van der Waals surface area (Å²) in [6.07, 6.45) is 2.14. The van der Waals surface area contributed by atoms with Crippen molar-refractivity contribution in [1.82, 2.24) is 0 Å². The molecule has 0 spiro atoms. The van der Waals surface area contributed by atoms with Crippen LogP contribution in [0.25, 0.3) is 0 Å². The van der Waals surface area contributed by atoms with Gasteiger partial charge in [-0.15, -0.1) is 0 Å². The maximum atomic E-state index is 5.57. The zero-order valence-corrected chi connectivity index (χ0v) is 19.6. The number of benzene rings is 2. The topological polar surface area (TPSA) is 45.8 Å². The van der Waals surface area contributed by atoms with E-state index in [2.05, 4.69) is 38.1 Å². The molecule has 31 heavy (non-hydrogen) atoms. The molecular weight excluding hydrogens is 392 g/mol. The van der Waals surface area contributed by atoms with E-state index >= 15 is 0 Å². The van der Waals surface area contributed by atoms with Gasteiger partial charge in [-0.25, -0.2) is 0 Å². The smallest absolute Gasteiger partial charge is 0.205 e. The number of quaternary nitrogens is 2. The molecule has 2 N–H and O–H groups in total. The van der Waals surface area contributed by atoms with Crippen molar-refractivity contribution in [3.63, 3.8) is 0 Å². The molecule has 0 radical (unpaired) electrons. The number of hydrogen-bond acceptors (Lipinski definition) is 4. The first kappa shape index (κ1) is 21.8. The molecular formula is C25H36N2O4+2. The van der Waals surface area contributed by atoms with Crippen LogP contribution in [0.15, 0.2) is 24.3 Å². The number of nitrogens with one attached hydrogen (secondary N) is 2. The predicted octanol–water partition coefficient (Wildman–Crippen LogP) is 1.38. The molecule has 0 saturated carbocycles. The van der Waals surface area contributed by atoms with E-state index in [4.69, 9.17) is 18.9 Å². The summed E-state index contributed by atoms with van der Waals surface area (Å²) in [4.78, 5) is 3.26. The fraction of sp³-hybridized carbons (Fsp3) is 0.520. The van der Waals surface area contributed by atoms with Crippen LogP contribution in [0.2, 0.25) is 0 Å². The van der Waals surface area contributed by atoms with Crippen LogP contribution in [0.4, 0.5) is 0 Å². The van der Waals surface area contributed by atoms with E-state index in [9.17, 15) is 0 Å². The van der Waals surface area contributed by atoms with E-state index in [-0.39, 0.29) is 0 Å². The molecule has 0 fully saturated rings. The predicted molar refractivity (Wildman–Crippen MR) is 120 cm³/mol. The van der Waals surface area contributed by atoms with Gasteiger partial charge in [0.1, 0.15) is 12.1 Å². The van der Waals surface area contributed by atoms with Crippen molar-refractivity contribution in [2.75, 3.05) is 48.2 Å². The van der Waals surface area contributed by atoms with Crippen molar-refractivity contribution in [3.05, 3.63) is 46.5 Å². The molecule has 2 aromatic rings. The average molecular weight is 429 g/mol. The van der Waals surface area contributed by atoms with E-state index in [1.54, 1.807) is 38.2 Å². The lowest BCUT2D eigenvalue weighted by Crippen LogP contribution is -3.31. The summed E-state index contributed by atoms with van der Waals surface area (Å²) in [6.45, 7) is 8.06. The number of ether oxygens (including phenoxy) is 4. The Morgan fingerprint density at radius 2 is 1.00 bits per heavy atom. The Kier molecular flexibility index (Phi) is 6.30. The van der Waals surface area contributed by atoms with Crippen LogP contribution in [-0.2, 0) is 12.8 Å². The van der Waals surface area contributed by atoms with E-state index < -0.39 is 0 Å². The molecule has 0 aromatic heterocycles. The van der Waals surface area contributed by atoms with Crippen molar-refractivity contribution in [3.8, 4) is 23.0 Å². The van der Waals surface area contributed by atoms with Crippen LogP contribution in [0, 0.1) is 0 Å². The molecule has 2 aromatic carbocycles. The fourth-order valence-corrected chi connectivity index (χ4v) is 5.35. The van der Waals surface area contributed by atoms with E-state index in [1.165, 1.54) is 22.3 Å². The molecule has 168 valence electrons. The van der Waals surface area contributed by atoms with Crippen LogP contribution in [0.1, 0.15) is 48.2 Å². The molecule has 2 heterocycles. The van der Waals surface area contributed by atoms with Gasteiger partial charge in [0.2, 0.25) is 6.67 Å². The highest BCUT2D eigenvalue weighted by Crippen LogP contribution is 2.35. The molecule has 0 bridgehead atoms. The van der Waals surface area contributed by atoms with E-state index in [1.807, 2.05) is 0 Å². The highest BCUT2D eigenvalue weighted by atomic mass is 16.5. The van der Waals surface area contributed by atoms with Gasteiger partial charge in [-0.3, -0.25) is 9.80 Å². The monoisotopic (exact) mass is 428 g/mol. The Morgan fingerprint density at radius 3 is 1.35 bits per heavy atom. The van der Waals surface area contributed by atoms with Crippen LogP contribution in [-0.4, -0.2) is 48.2 Å². The third-order valence-corrected chi connectivity index (χ3v) is 7.33. The van der Waals surface area contributed by atoms with Crippen molar-refractivity contribution < 1.29 is 28.7 Å². The summed E-state index contributed by atoms with van der Waals surface area (Å²) in [7, 11) is 6.83. The second kappa shape index (κ2) is 8.97. The molecule has 4 atom stereocenters. The van der Waals surface area contributed by atoms with Crippen molar-refractivity contribution in [2.24, 2.45) is 0 Å². The van der Waals surface area contributed by atoms with Crippen LogP contribution in [0.5, 0.6) is 23.0 Å². The molecule has 6 nitrogen and oxygen atoms in total. The Balaban J connectivity index is 1.54. The molecule has 2 aliphatic heterocycles. The van der Waals surface area contributed by atoms with Crippen molar-refractivity contribution >= 4 is 0 Å². The van der Waals surface area contributed by atoms with Crippen molar-refractivity contribution in [2.45, 2.75) is 38.8 Å². The number of methoxy groups -OCH3 is 4. The zero-order valence-electron chi connectivity index (χ0n) is 19.6. The first-order valence-corrected chi connectivity index (χ1v) is 11.2. The molecule has 4 rings (SSSR count). The molecule has 6 heteroatoms. The lowest BCUT2D eigenvalue weighted by Gasteiger charge is -2.38. The SMILES string of the molecule is COc1cc2c(cc1OC)[C@H](C)[NH+](C[NH+]1CCc3cc(OC)c(OC)cc3[C@@H]1C)CC2. The lowest BCUT2D eigenvalue weighted by atomic mass is 9.91. The standard InChI is InChI=1S/C25H34N2O4/c1-16-20-13-24(30-5)22(28-3)11-18(20)7-9-26(16)15-27-10-8-19-12-23(29-4)25(31-6)14-21(19)17(27)2/h11-14,16-17H,7-10,15H2,1-6H3/p+2/t16-,17-/m0/s1. The average Bonchev–Trinajstić information content (AvgIpc) is 2.80. The second-order valence-corrected chi connectivity index (χ2v) is 8.75. The summed E-state index contributed by atoms with van der Waals surface area (Å²) in [5.74, 6) is 3.30. The van der Waals surface area contributed by atoms with Gasteiger partial charge in [-0.05, 0) is 49.2 Å². The summed E-state index contributed by atoms with van der Waals surface area (Å²) >= 11 is 0. The fourth-order valence-electron chi connectivity index (χ4n) is 5.35.